The number of methoxy groups -OCH3 is 1. The van der Waals surface area contributed by atoms with Gasteiger partial charge in [-0.3, -0.25) is 9.59 Å². The molecule has 10 heteroatoms. The standard InChI is InChI=1S/C33H33N5O5/c1-33(2,3)21-12-14-27(42-4)25(20-21)38-30(40)29(39)37(32(38)41)24-13-15-26(23-11-7-6-10-22(23)24)43-28-16-17-34-31(35-28)36-18-8-5-9-19-36/h6-7,10-17,20H,5,8-9,18-19H2,1-4H3. The van der Waals surface area contributed by atoms with Crippen molar-refractivity contribution in [3.05, 3.63) is 72.4 Å². The maximum absolute atomic E-state index is 13.9. The van der Waals surface area contributed by atoms with Crippen LogP contribution in [0.2, 0.25) is 0 Å². The second-order valence-corrected chi connectivity index (χ2v) is 11.7. The van der Waals surface area contributed by atoms with Crippen molar-refractivity contribution in [2.24, 2.45) is 0 Å². The minimum Gasteiger partial charge on any atom is -0.495 e. The van der Waals surface area contributed by atoms with Crippen LogP contribution >= 0.6 is 0 Å². The number of nitrogens with zero attached hydrogens (tertiary/aromatic N) is 5. The van der Waals surface area contributed by atoms with Gasteiger partial charge in [0.15, 0.2) is 0 Å². The lowest BCUT2D eigenvalue weighted by molar-refractivity contribution is -0.133. The molecule has 2 aliphatic rings. The molecule has 2 fully saturated rings. The van der Waals surface area contributed by atoms with Crippen LogP contribution < -0.4 is 24.2 Å². The molecular weight excluding hydrogens is 546 g/mol. The molecule has 4 amide bonds. The number of carbonyl (C=O) groups excluding carboxylic acids is 3. The van der Waals surface area contributed by atoms with Crippen LogP contribution in [0.1, 0.15) is 45.6 Å². The molecule has 2 saturated heterocycles. The molecular formula is C33H33N5O5. The van der Waals surface area contributed by atoms with E-state index >= 15 is 0 Å². The Bertz CT molecular complexity index is 1740. The van der Waals surface area contributed by atoms with Crippen molar-refractivity contribution in [1.82, 2.24) is 9.97 Å². The van der Waals surface area contributed by atoms with E-state index in [2.05, 4.69) is 14.9 Å². The Balaban J connectivity index is 1.36. The van der Waals surface area contributed by atoms with E-state index < -0.39 is 17.8 Å². The molecule has 2 aliphatic heterocycles. The number of rotatable bonds is 6. The third-order valence-corrected chi connectivity index (χ3v) is 7.83. The summed E-state index contributed by atoms with van der Waals surface area (Å²) in [7, 11) is 1.46. The van der Waals surface area contributed by atoms with Crippen LogP contribution in [0.4, 0.5) is 22.1 Å². The molecule has 43 heavy (non-hydrogen) atoms. The lowest BCUT2D eigenvalue weighted by Gasteiger charge is -2.26. The van der Waals surface area contributed by atoms with E-state index in [0.717, 1.165) is 41.3 Å². The maximum Gasteiger partial charge on any atom is 0.343 e. The first-order chi connectivity index (χ1) is 20.7. The van der Waals surface area contributed by atoms with Gasteiger partial charge in [0.05, 0.1) is 18.5 Å². The van der Waals surface area contributed by atoms with Crippen molar-refractivity contribution in [2.75, 3.05) is 34.9 Å². The van der Waals surface area contributed by atoms with Crippen LogP contribution in [-0.4, -0.2) is 48.0 Å². The number of imide groups is 2. The second-order valence-electron chi connectivity index (χ2n) is 11.7. The number of ether oxygens (including phenoxy) is 2. The van der Waals surface area contributed by atoms with Crippen LogP contribution in [-0.2, 0) is 15.0 Å². The first kappa shape index (κ1) is 28.1. The summed E-state index contributed by atoms with van der Waals surface area (Å²) in [4.78, 5) is 53.6. The SMILES string of the molecule is COc1ccc(C(C)(C)C)cc1N1C(=O)C(=O)N(c2ccc(Oc3ccnc(N4CCCCC4)n3)c3ccccc23)C1=O. The number of piperidine rings is 1. The van der Waals surface area contributed by atoms with Crippen LogP contribution in [0.25, 0.3) is 10.8 Å². The van der Waals surface area contributed by atoms with Gasteiger partial charge in [0, 0.05) is 36.1 Å². The zero-order valence-electron chi connectivity index (χ0n) is 24.7. The molecule has 1 aromatic heterocycles. The zero-order valence-corrected chi connectivity index (χ0v) is 24.7. The van der Waals surface area contributed by atoms with Crippen molar-refractivity contribution < 1.29 is 23.9 Å². The van der Waals surface area contributed by atoms with Gasteiger partial charge in [-0.25, -0.2) is 19.6 Å². The third-order valence-electron chi connectivity index (χ3n) is 7.83. The highest BCUT2D eigenvalue weighted by atomic mass is 16.5. The van der Waals surface area contributed by atoms with Gasteiger partial charge in [0.25, 0.3) is 0 Å². The van der Waals surface area contributed by atoms with E-state index in [1.54, 1.807) is 48.7 Å². The van der Waals surface area contributed by atoms with E-state index in [9.17, 15) is 14.4 Å². The predicted octanol–water partition coefficient (Wildman–Crippen LogP) is 6.22. The number of aromatic nitrogens is 2. The molecule has 0 saturated carbocycles. The fraction of sp³-hybridized carbons (Fsp3) is 0.303. The van der Waals surface area contributed by atoms with E-state index in [4.69, 9.17) is 9.47 Å². The van der Waals surface area contributed by atoms with Gasteiger partial charge in [-0.05, 0) is 54.5 Å². The Labute approximate surface area is 249 Å². The minimum absolute atomic E-state index is 0.221. The number of fused-ring (bicyclic) bond motifs is 1. The van der Waals surface area contributed by atoms with Crippen molar-refractivity contribution in [3.63, 3.8) is 0 Å². The Morgan fingerprint density at radius 3 is 2.14 bits per heavy atom. The molecule has 0 aliphatic carbocycles. The molecule has 220 valence electrons. The molecule has 0 bridgehead atoms. The number of carbonyl (C=O) groups is 3. The first-order valence-electron chi connectivity index (χ1n) is 14.4. The van der Waals surface area contributed by atoms with Crippen LogP contribution in [0.5, 0.6) is 17.4 Å². The Hall–Kier alpha value is -4.99. The molecule has 10 nitrogen and oxygen atoms in total. The molecule has 6 rings (SSSR count). The number of urea groups is 1. The summed E-state index contributed by atoms with van der Waals surface area (Å²) in [6.45, 7) is 7.88. The molecule has 0 N–H and O–H groups in total. The summed E-state index contributed by atoms with van der Waals surface area (Å²) in [6, 6.07) is 16.8. The smallest absolute Gasteiger partial charge is 0.343 e. The van der Waals surface area contributed by atoms with Crippen molar-refractivity contribution in [1.29, 1.82) is 0 Å². The summed E-state index contributed by atoms with van der Waals surface area (Å²) in [5.41, 5.74) is 1.12. The van der Waals surface area contributed by atoms with Crippen LogP contribution in [0.3, 0.4) is 0 Å². The fourth-order valence-electron chi connectivity index (χ4n) is 5.51. The van der Waals surface area contributed by atoms with Crippen molar-refractivity contribution in [3.8, 4) is 17.4 Å². The van der Waals surface area contributed by atoms with Gasteiger partial charge in [-0.2, -0.15) is 4.98 Å². The number of benzene rings is 3. The quantitative estimate of drug-likeness (QED) is 0.196. The summed E-state index contributed by atoms with van der Waals surface area (Å²) in [5.74, 6) is -0.0971. The van der Waals surface area contributed by atoms with E-state index in [0.29, 0.717) is 34.1 Å². The molecule has 0 atom stereocenters. The number of hydrogen-bond acceptors (Lipinski definition) is 8. The lowest BCUT2D eigenvalue weighted by atomic mass is 9.86. The first-order valence-corrected chi connectivity index (χ1v) is 14.4. The van der Waals surface area contributed by atoms with Crippen LogP contribution in [0.15, 0.2) is 66.9 Å². The van der Waals surface area contributed by atoms with Gasteiger partial charge in [0.1, 0.15) is 11.5 Å². The highest BCUT2D eigenvalue weighted by Gasteiger charge is 2.48. The average Bonchev–Trinajstić information content (AvgIpc) is 3.24. The van der Waals surface area contributed by atoms with E-state index in [1.165, 1.54) is 13.5 Å². The Kier molecular flexibility index (Phi) is 7.21. The van der Waals surface area contributed by atoms with Gasteiger partial charge >= 0.3 is 17.8 Å². The summed E-state index contributed by atoms with van der Waals surface area (Å²) < 4.78 is 11.7. The Morgan fingerprint density at radius 2 is 1.44 bits per heavy atom. The molecule has 4 aromatic rings. The number of amides is 4. The van der Waals surface area contributed by atoms with Gasteiger partial charge in [-0.1, -0.05) is 51.1 Å². The largest absolute Gasteiger partial charge is 0.495 e. The molecule has 0 radical (unpaired) electrons. The molecule has 0 unspecified atom stereocenters. The average molecular weight is 580 g/mol. The van der Waals surface area contributed by atoms with Gasteiger partial charge < -0.3 is 14.4 Å². The van der Waals surface area contributed by atoms with Crippen molar-refractivity contribution >= 4 is 45.9 Å². The number of hydrogen-bond donors (Lipinski definition) is 0. The third kappa shape index (κ3) is 5.13. The summed E-state index contributed by atoms with van der Waals surface area (Å²) in [6.07, 6.45) is 5.08. The molecule has 3 heterocycles. The monoisotopic (exact) mass is 579 g/mol. The van der Waals surface area contributed by atoms with E-state index in [1.807, 2.05) is 39.0 Å². The van der Waals surface area contributed by atoms with Crippen LogP contribution in [0, 0.1) is 0 Å². The summed E-state index contributed by atoms with van der Waals surface area (Å²) >= 11 is 0. The lowest BCUT2D eigenvalue weighted by Crippen LogP contribution is -2.34. The topological polar surface area (TPSA) is 105 Å². The number of anilines is 3. The Morgan fingerprint density at radius 1 is 0.767 bits per heavy atom. The minimum atomic E-state index is -0.954. The van der Waals surface area contributed by atoms with Crippen molar-refractivity contribution in [2.45, 2.75) is 45.4 Å². The van der Waals surface area contributed by atoms with Gasteiger partial charge in [0.2, 0.25) is 11.8 Å². The highest BCUT2D eigenvalue weighted by Crippen LogP contribution is 2.41. The molecule has 3 aromatic carbocycles. The van der Waals surface area contributed by atoms with Gasteiger partial charge in [-0.15, -0.1) is 0 Å². The highest BCUT2D eigenvalue weighted by molar-refractivity contribution is 6.60. The fourth-order valence-corrected chi connectivity index (χ4v) is 5.51. The normalized spacial score (nSPS) is 15.9. The second kappa shape index (κ2) is 11.0. The predicted molar refractivity (Wildman–Crippen MR) is 164 cm³/mol. The molecule has 0 spiro atoms. The zero-order chi connectivity index (χ0) is 30.3. The van der Waals surface area contributed by atoms with E-state index in [-0.39, 0.29) is 16.8 Å². The summed E-state index contributed by atoms with van der Waals surface area (Å²) in [5, 5.41) is 1.22. The maximum atomic E-state index is 13.9.